The quantitative estimate of drug-likeness (QED) is 0.755. The highest BCUT2D eigenvalue weighted by atomic mass is 32.2. The lowest BCUT2D eigenvalue weighted by molar-refractivity contribution is 0.0953. The smallest absolute Gasteiger partial charge is 0.251 e. The number of rotatable bonds is 8. The molecule has 0 atom stereocenters. The van der Waals surface area contributed by atoms with Crippen LogP contribution in [0.5, 0.6) is 5.75 Å². The summed E-state index contributed by atoms with van der Waals surface area (Å²) in [4.78, 5) is 12.0. The van der Waals surface area contributed by atoms with E-state index in [2.05, 4.69) is 10.0 Å². The lowest BCUT2D eigenvalue weighted by Crippen LogP contribution is -2.26. The molecule has 2 N–H and O–H groups in total. The number of carbonyl (C=O) groups is 1. The molecule has 0 fully saturated rings. The number of hydrogen-bond donors (Lipinski definition) is 2. The summed E-state index contributed by atoms with van der Waals surface area (Å²) in [7, 11) is -2.14. The van der Waals surface area contributed by atoms with Crippen molar-refractivity contribution in [3.05, 3.63) is 59.7 Å². The lowest BCUT2D eigenvalue weighted by Gasteiger charge is -2.09. The summed E-state index contributed by atoms with van der Waals surface area (Å²) >= 11 is 0. The van der Waals surface area contributed by atoms with Gasteiger partial charge in [-0.15, -0.1) is 0 Å². The largest absolute Gasteiger partial charge is 0.497 e. The molecule has 0 aliphatic rings. The molecule has 0 spiro atoms. The first-order valence-corrected chi connectivity index (χ1v) is 9.45. The zero-order chi connectivity index (χ0) is 18.3. The Morgan fingerprint density at radius 3 is 2.48 bits per heavy atom. The van der Waals surface area contributed by atoms with Crippen LogP contribution in [-0.4, -0.2) is 28.0 Å². The summed E-state index contributed by atoms with van der Waals surface area (Å²) < 4.78 is 32.5. The third-order valence-corrected chi connectivity index (χ3v) is 4.97. The Balaban J connectivity index is 2.09. The molecular formula is C18H22N2O4S. The summed E-state index contributed by atoms with van der Waals surface area (Å²) in [6.07, 6.45) is 0.813. The van der Waals surface area contributed by atoms with Gasteiger partial charge in [-0.1, -0.05) is 25.1 Å². The first-order valence-electron chi connectivity index (χ1n) is 7.97. The van der Waals surface area contributed by atoms with E-state index in [-0.39, 0.29) is 17.3 Å². The van der Waals surface area contributed by atoms with Gasteiger partial charge in [0.2, 0.25) is 10.0 Å². The minimum absolute atomic E-state index is 0.0603. The van der Waals surface area contributed by atoms with Crippen LogP contribution < -0.4 is 14.8 Å². The number of carbonyl (C=O) groups excluding carboxylic acids is 1. The zero-order valence-corrected chi connectivity index (χ0v) is 15.1. The highest BCUT2D eigenvalue weighted by Gasteiger charge is 2.16. The maximum absolute atomic E-state index is 12.4. The van der Waals surface area contributed by atoms with Crippen LogP contribution in [-0.2, 0) is 16.6 Å². The minimum atomic E-state index is -3.71. The standard InChI is InChI=1S/C18H22N2O4S/c1-3-11-19-18(21)15-5-4-6-17(12-15)25(22,23)20-13-14-7-9-16(24-2)10-8-14/h4-10,12,20H,3,11,13H2,1-2H3,(H,19,21). The van der Waals surface area contributed by atoms with Gasteiger partial charge in [0.15, 0.2) is 0 Å². The summed E-state index contributed by atoms with van der Waals surface area (Å²) in [5.41, 5.74) is 1.13. The predicted molar refractivity (Wildman–Crippen MR) is 96.1 cm³/mol. The molecule has 2 aromatic carbocycles. The van der Waals surface area contributed by atoms with Crippen molar-refractivity contribution in [1.82, 2.24) is 10.0 Å². The van der Waals surface area contributed by atoms with Crippen molar-refractivity contribution in [3.63, 3.8) is 0 Å². The monoisotopic (exact) mass is 362 g/mol. The van der Waals surface area contributed by atoms with Gasteiger partial charge in [-0.25, -0.2) is 13.1 Å². The average Bonchev–Trinajstić information content (AvgIpc) is 2.65. The van der Waals surface area contributed by atoms with E-state index in [0.717, 1.165) is 12.0 Å². The summed E-state index contributed by atoms with van der Waals surface area (Å²) in [6.45, 7) is 2.65. The molecule has 0 aliphatic carbocycles. The Labute approximate surface area is 148 Å². The van der Waals surface area contributed by atoms with E-state index in [9.17, 15) is 13.2 Å². The third-order valence-electron chi connectivity index (χ3n) is 3.57. The fourth-order valence-electron chi connectivity index (χ4n) is 2.15. The highest BCUT2D eigenvalue weighted by Crippen LogP contribution is 2.14. The van der Waals surface area contributed by atoms with Gasteiger partial charge in [-0.2, -0.15) is 0 Å². The fourth-order valence-corrected chi connectivity index (χ4v) is 3.21. The Morgan fingerprint density at radius 2 is 1.84 bits per heavy atom. The van der Waals surface area contributed by atoms with Crippen LogP contribution in [0.3, 0.4) is 0 Å². The van der Waals surface area contributed by atoms with E-state index >= 15 is 0 Å². The molecule has 1 amide bonds. The van der Waals surface area contributed by atoms with Crippen LogP contribution in [0.25, 0.3) is 0 Å². The molecule has 0 unspecified atom stereocenters. The molecule has 134 valence electrons. The molecule has 6 nitrogen and oxygen atoms in total. The second kappa shape index (κ2) is 8.64. The van der Waals surface area contributed by atoms with Crippen LogP contribution >= 0.6 is 0 Å². The lowest BCUT2D eigenvalue weighted by atomic mass is 10.2. The Bertz CT molecular complexity index is 817. The molecule has 0 heterocycles. The number of nitrogens with one attached hydrogen (secondary N) is 2. The van der Waals surface area contributed by atoms with Crippen molar-refractivity contribution in [2.24, 2.45) is 0 Å². The molecule has 2 aromatic rings. The topological polar surface area (TPSA) is 84.5 Å². The Kier molecular flexibility index (Phi) is 6.55. The highest BCUT2D eigenvalue weighted by molar-refractivity contribution is 7.89. The maximum Gasteiger partial charge on any atom is 0.251 e. The number of sulfonamides is 1. The molecule has 0 bridgehead atoms. The van der Waals surface area contributed by atoms with E-state index in [1.165, 1.54) is 12.1 Å². The van der Waals surface area contributed by atoms with Crippen molar-refractivity contribution in [2.75, 3.05) is 13.7 Å². The van der Waals surface area contributed by atoms with Crippen LogP contribution in [0.4, 0.5) is 0 Å². The van der Waals surface area contributed by atoms with Gasteiger partial charge in [0.1, 0.15) is 5.75 Å². The van der Waals surface area contributed by atoms with Gasteiger partial charge in [-0.05, 0) is 42.3 Å². The number of benzene rings is 2. The zero-order valence-electron chi connectivity index (χ0n) is 14.3. The first kappa shape index (κ1) is 19.0. The van der Waals surface area contributed by atoms with Crippen LogP contribution in [0.2, 0.25) is 0 Å². The van der Waals surface area contributed by atoms with E-state index in [1.54, 1.807) is 43.5 Å². The van der Waals surface area contributed by atoms with E-state index in [1.807, 2.05) is 6.92 Å². The number of methoxy groups -OCH3 is 1. The van der Waals surface area contributed by atoms with Crippen LogP contribution in [0.15, 0.2) is 53.4 Å². The van der Waals surface area contributed by atoms with Gasteiger partial charge >= 0.3 is 0 Å². The Hall–Kier alpha value is -2.38. The molecule has 7 heteroatoms. The second-order valence-electron chi connectivity index (χ2n) is 5.46. The fraction of sp³-hybridized carbons (Fsp3) is 0.278. The van der Waals surface area contributed by atoms with Crippen LogP contribution in [0, 0.1) is 0 Å². The predicted octanol–water partition coefficient (Wildman–Crippen LogP) is 2.31. The molecular weight excluding hydrogens is 340 g/mol. The van der Waals surface area contributed by atoms with Crippen molar-refractivity contribution < 1.29 is 17.9 Å². The van der Waals surface area contributed by atoms with Gasteiger partial charge < -0.3 is 10.1 Å². The Morgan fingerprint density at radius 1 is 1.12 bits per heavy atom. The van der Waals surface area contributed by atoms with Crippen molar-refractivity contribution in [2.45, 2.75) is 24.8 Å². The van der Waals surface area contributed by atoms with Gasteiger partial charge in [0, 0.05) is 18.7 Å². The normalized spacial score (nSPS) is 11.1. The van der Waals surface area contributed by atoms with Gasteiger partial charge in [-0.3, -0.25) is 4.79 Å². The van der Waals surface area contributed by atoms with Crippen molar-refractivity contribution in [3.8, 4) is 5.75 Å². The van der Waals surface area contributed by atoms with Crippen molar-refractivity contribution in [1.29, 1.82) is 0 Å². The van der Waals surface area contributed by atoms with Crippen LogP contribution in [0.1, 0.15) is 29.3 Å². The molecule has 2 rings (SSSR count). The average molecular weight is 362 g/mol. The summed E-state index contributed by atoms with van der Waals surface area (Å²) in [5.74, 6) is 0.423. The molecule has 0 radical (unpaired) electrons. The summed E-state index contributed by atoms with van der Waals surface area (Å²) in [5, 5.41) is 2.73. The first-order chi connectivity index (χ1) is 12.0. The number of hydrogen-bond acceptors (Lipinski definition) is 4. The molecule has 25 heavy (non-hydrogen) atoms. The summed E-state index contributed by atoms with van der Waals surface area (Å²) in [6, 6.07) is 13.1. The third kappa shape index (κ3) is 5.30. The molecule has 0 aromatic heterocycles. The number of ether oxygens (including phenoxy) is 1. The molecule has 0 aliphatic heterocycles. The number of amides is 1. The molecule has 0 saturated heterocycles. The SMILES string of the molecule is CCCNC(=O)c1cccc(S(=O)(=O)NCc2ccc(OC)cc2)c1. The van der Waals surface area contributed by atoms with E-state index < -0.39 is 10.0 Å². The second-order valence-corrected chi connectivity index (χ2v) is 7.22. The molecule has 0 saturated carbocycles. The van der Waals surface area contributed by atoms with E-state index in [4.69, 9.17) is 4.74 Å². The van der Waals surface area contributed by atoms with Crippen molar-refractivity contribution >= 4 is 15.9 Å². The minimum Gasteiger partial charge on any atom is -0.497 e. The van der Waals surface area contributed by atoms with Gasteiger partial charge in [0.25, 0.3) is 5.91 Å². The maximum atomic E-state index is 12.4. The van der Waals surface area contributed by atoms with E-state index in [0.29, 0.717) is 17.9 Å². The van der Waals surface area contributed by atoms with Gasteiger partial charge in [0.05, 0.1) is 12.0 Å².